The van der Waals surface area contributed by atoms with Crippen LogP contribution in [0.5, 0.6) is 5.75 Å². The number of aliphatic hydroxyl groups is 1. The molecule has 1 aliphatic rings. The molecule has 100 valence electrons. The Labute approximate surface area is 117 Å². The summed E-state index contributed by atoms with van der Waals surface area (Å²) >= 11 is 3.42. The molecule has 1 unspecified atom stereocenters. The molecule has 1 fully saturated rings. The van der Waals surface area contributed by atoms with Crippen molar-refractivity contribution in [3.63, 3.8) is 0 Å². The summed E-state index contributed by atoms with van der Waals surface area (Å²) in [7, 11) is 1.65. The minimum absolute atomic E-state index is 0.406. The van der Waals surface area contributed by atoms with Gasteiger partial charge in [-0.15, -0.1) is 0 Å². The van der Waals surface area contributed by atoms with E-state index in [2.05, 4.69) is 15.9 Å². The molecule has 1 N–H and O–H groups in total. The summed E-state index contributed by atoms with van der Waals surface area (Å²) in [5.41, 5.74) is 0.909. The first-order valence-corrected chi connectivity index (χ1v) is 7.51. The van der Waals surface area contributed by atoms with Crippen molar-refractivity contribution in [2.45, 2.75) is 44.6 Å². The predicted molar refractivity (Wildman–Crippen MR) is 76.8 cm³/mol. The average Bonchev–Trinajstić information content (AvgIpc) is 2.39. The molecule has 1 aromatic rings. The van der Waals surface area contributed by atoms with Gasteiger partial charge < -0.3 is 9.84 Å². The fraction of sp³-hybridized carbons (Fsp3) is 0.600. The molecule has 0 aliphatic heterocycles. The zero-order chi connectivity index (χ0) is 13.0. The van der Waals surface area contributed by atoms with Crippen molar-refractivity contribution in [2.75, 3.05) is 7.11 Å². The lowest BCUT2D eigenvalue weighted by atomic mass is 9.84. The van der Waals surface area contributed by atoms with Gasteiger partial charge >= 0.3 is 0 Å². The van der Waals surface area contributed by atoms with Gasteiger partial charge in [-0.05, 0) is 24.5 Å². The molecule has 2 rings (SSSR count). The molecule has 0 spiro atoms. The molecule has 1 atom stereocenters. The summed E-state index contributed by atoms with van der Waals surface area (Å²) in [6.45, 7) is 0. The first-order valence-electron chi connectivity index (χ1n) is 6.72. The molecule has 0 heterocycles. The van der Waals surface area contributed by atoms with Gasteiger partial charge in [0.25, 0.3) is 0 Å². The number of aliphatic hydroxyl groups excluding tert-OH is 1. The molecule has 1 saturated carbocycles. The Morgan fingerprint density at radius 2 is 2.06 bits per heavy atom. The van der Waals surface area contributed by atoms with E-state index < -0.39 is 6.10 Å². The minimum Gasteiger partial charge on any atom is -0.496 e. The highest BCUT2D eigenvalue weighted by Gasteiger charge is 2.20. The van der Waals surface area contributed by atoms with Gasteiger partial charge in [0.1, 0.15) is 5.75 Å². The standard InChI is InChI=1S/C15H21BrO2/c1-18-15-10-12(16)7-8-13(15)14(17)9-11-5-3-2-4-6-11/h7-8,10-11,14,17H,2-6,9H2,1H3. The third kappa shape index (κ3) is 3.48. The van der Waals surface area contributed by atoms with Crippen LogP contribution in [0.2, 0.25) is 0 Å². The Bertz CT molecular complexity index is 386. The van der Waals surface area contributed by atoms with E-state index in [1.54, 1.807) is 7.11 Å². The Morgan fingerprint density at radius 1 is 1.33 bits per heavy atom. The number of halogens is 1. The summed E-state index contributed by atoms with van der Waals surface area (Å²) in [6, 6.07) is 5.83. The monoisotopic (exact) mass is 312 g/mol. The van der Waals surface area contributed by atoms with Crippen LogP contribution in [0.1, 0.15) is 50.2 Å². The maximum atomic E-state index is 10.4. The van der Waals surface area contributed by atoms with Crippen LogP contribution in [0.3, 0.4) is 0 Å². The molecular formula is C15H21BrO2. The van der Waals surface area contributed by atoms with E-state index >= 15 is 0 Å². The van der Waals surface area contributed by atoms with E-state index in [1.165, 1.54) is 32.1 Å². The van der Waals surface area contributed by atoms with E-state index in [-0.39, 0.29) is 0 Å². The molecular weight excluding hydrogens is 292 g/mol. The molecule has 3 heteroatoms. The highest BCUT2D eigenvalue weighted by Crippen LogP contribution is 2.35. The number of benzene rings is 1. The molecule has 0 saturated heterocycles. The van der Waals surface area contributed by atoms with Crippen LogP contribution in [-0.4, -0.2) is 12.2 Å². The highest BCUT2D eigenvalue weighted by molar-refractivity contribution is 9.10. The molecule has 0 amide bonds. The van der Waals surface area contributed by atoms with E-state index in [0.29, 0.717) is 5.92 Å². The van der Waals surface area contributed by atoms with Crippen molar-refractivity contribution in [1.82, 2.24) is 0 Å². The largest absolute Gasteiger partial charge is 0.496 e. The fourth-order valence-corrected chi connectivity index (χ4v) is 3.17. The summed E-state index contributed by atoms with van der Waals surface area (Å²) in [4.78, 5) is 0. The summed E-state index contributed by atoms with van der Waals surface area (Å²) in [5, 5.41) is 10.4. The average molecular weight is 313 g/mol. The van der Waals surface area contributed by atoms with E-state index in [9.17, 15) is 5.11 Å². The van der Waals surface area contributed by atoms with Gasteiger partial charge in [-0.2, -0.15) is 0 Å². The maximum absolute atomic E-state index is 10.4. The Balaban J connectivity index is 2.05. The number of ether oxygens (including phenoxy) is 1. The molecule has 0 aromatic heterocycles. The van der Waals surface area contributed by atoms with E-state index in [0.717, 1.165) is 22.2 Å². The predicted octanol–water partition coefficient (Wildman–Crippen LogP) is 4.46. The van der Waals surface area contributed by atoms with Gasteiger partial charge in [-0.1, -0.05) is 54.1 Å². The van der Waals surface area contributed by atoms with Crippen molar-refractivity contribution in [3.05, 3.63) is 28.2 Å². The van der Waals surface area contributed by atoms with Crippen LogP contribution in [0.15, 0.2) is 22.7 Å². The van der Waals surface area contributed by atoms with Crippen molar-refractivity contribution in [2.24, 2.45) is 5.92 Å². The lowest BCUT2D eigenvalue weighted by molar-refractivity contribution is 0.128. The summed E-state index contributed by atoms with van der Waals surface area (Å²) in [6.07, 6.45) is 6.96. The lowest BCUT2D eigenvalue weighted by Gasteiger charge is -2.24. The summed E-state index contributed by atoms with van der Waals surface area (Å²) in [5.74, 6) is 1.44. The van der Waals surface area contributed by atoms with Crippen molar-refractivity contribution >= 4 is 15.9 Å². The molecule has 0 bridgehead atoms. The topological polar surface area (TPSA) is 29.5 Å². The second kappa shape index (κ2) is 6.58. The van der Waals surface area contributed by atoms with E-state index in [1.807, 2.05) is 18.2 Å². The van der Waals surface area contributed by atoms with Crippen molar-refractivity contribution in [1.29, 1.82) is 0 Å². The number of rotatable bonds is 4. The van der Waals surface area contributed by atoms with Crippen molar-refractivity contribution < 1.29 is 9.84 Å². The smallest absolute Gasteiger partial charge is 0.125 e. The van der Waals surface area contributed by atoms with Crippen LogP contribution in [0, 0.1) is 5.92 Å². The van der Waals surface area contributed by atoms with Gasteiger partial charge in [0.2, 0.25) is 0 Å². The third-order valence-electron chi connectivity index (χ3n) is 3.84. The number of hydrogen-bond acceptors (Lipinski definition) is 2. The second-order valence-corrected chi connectivity index (χ2v) is 6.06. The van der Waals surface area contributed by atoms with Gasteiger partial charge in [-0.3, -0.25) is 0 Å². The molecule has 0 radical (unpaired) electrons. The lowest BCUT2D eigenvalue weighted by Crippen LogP contribution is -2.11. The highest BCUT2D eigenvalue weighted by atomic mass is 79.9. The van der Waals surface area contributed by atoms with Gasteiger partial charge in [0.05, 0.1) is 13.2 Å². The first-order chi connectivity index (χ1) is 8.70. The van der Waals surface area contributed by atoms with Crippen LogP contribution in [0.25, 0.3) is 0 Å². The second-order valence-electron chi connectivity index (χ2n) is 5.14. The van der Waals surface area contributed by atoms with Crippen LogP contribution < -0.4 is 4.74 Å². The number of hydrogen-bond donors (Lipinski definition) is 1. The SMILES string of the molecule is COc1cc(Br)ccc1C(O)CC1CCCCC1. The first kappa shape index (κ1) is 13.9. The third-order valence-corrected chi connectivity index (χ3v) is 4.33. The Kier molecular flexibility index (Phi) is 5.07. The minimum atomic E-state index is -0.406. The van der Waals surface area contributed by atoms with E-state index in [4.69, 9.17) is 4.74 Å². The normalized spacial score (nSPS) is 18.6. The van der Waals surface area contributed by atoms with Crippen molar-refractivity contribution in [3.8, 4) is 5.75 Å². The zero-order valence-corrected chi connectivity index (χ0v) is 12.4. The van der Waals surface area contributed by atoms with Gasteiger partial charge in [-0.25, -0.2) is 0 Å². The molecule has 1 aliphatic carbocycles. The van der Waals surface area contributed by atoms with Crippen LogP contribution >= 0.6 is 15.9 Å². The van der Waals surface area contributed by atoms with Crippen LogP contribution in [0.4, 0.5) is 0 Å². The van der Waals surface area contributed by atoms with Gasteiger partial charge in [0.15, 0.2) is 0 Å². The summed E-state index contributed by atoms with van der Waals surface area (Å²) < 4.78 is 6.33. The molecule has 2 nitrogen and oxygen atoms in total. The molecule has 18 heavy (non-hydrogen) atoms. The molecule has 1 aromatic carbocycles. The van der Waals surface area contributed by atoms with Crippen LogP contribution in [-0.2, 0) is 0 Å². The Morgan fingerprint density at radius 3 is 2.72 bits per heavy atom. The maximum Gasteiger partial charge on any atom is 0.125 e. The zero-order valence-electron chi connectivity index (χ0n) is 10.9. The van der Waals surface area contributed by atoms with Gasteiger partial charge in [0, 0.05) is 10.0 Å². The fourth-order valence-electron chi connectivity index (χ4n) is 2.83. The number of methoxy groups -OCH3 is 1. The Hall–Kier alpha value is -0.540. The quantitative estimate of drug-likeness (QED) is 0.889.